The third kappa shape index (κ3) is 14.1. The summed E-state index contributed by atoms with van der Waals surface area (Å²) in [6.45, 7) is 17.1. The topological polar surface area (TPSA) is 218 Å². The number of nitrogens with one attached hydrogen (secondary N) is 4. The lowest BCUT2D eigenvalue weighted by molar-refractivity contribution is -0.145. The van der Waals surface area contributed by atoms with Crippen LogP contribution in [0.4, 0.5) is 11.4 Å². The summed E-state index contributed by atoms with van der Waals surface area (Å²) < 4.78 is 56.8. The van der Waals surface area contributed by atoms with Crippen LogP contribution in [-0.2, 0) is 44.8 Å². The highest BCUT2D eigenvalue weighted by Crippen LogP contribution is 2.39. The van der Waals surface area contributed by atoms with E-state index in [9.17, 15) is 18.0 Å². The summed E-state index contributed by atoms with van der Waals surface area (Å²) >= 11 is 1.57. The number of likely N-dealkylation sites (N-methyl/N-ethyl adjacent to an activating group) is 1. The monoisotopic (exact) mass is 1040 g/mol. The first-order valence-corrected chi connectivity index (χ1v) is 27.8. The van der Waals surface area contributed by atoms with Gasteiger partial charge in [0.15, 0.2) is 9.84 Å². The standard InChI is InChI=1S/C54H76N8O9S2/c1-35(56-8)50(55)49(53(2,3)4)52(64)62-33-38(30-45(62)51(63)61-41-15-13-36-11-9-10-12-39(36)41)57-19-20-67-21-22-68-23-24-69-25-26-70-27-28-71-46-32-43-40(31-48(46)73(65,66)54(5,6)7)42(17-18-58-43)60-37-14-16-47-44(29-37)59-34-72-47/h9-12,14,16-18,29,31-32,34-35,38,41,45,49-50,56-57H,13,15,19-28,30,33,55H2,1-8H3,(H,58,60)(H,61,63)/t35-,38-,41+,45-,49-,50?/m0/s1. The number of sulfone groups is 1. The predicted molar refractivity (Wildman–Crippen MR) is 287 cm³/mol. The molecule has 1 fully saturated rings. The molecule has 1 saturated heterocycles. The average Bonchev–Trinajstić information content (AvgIpc) is 4.12. The third-order valence-electron chi connectivity index (χ3n) is 13.7. The van der Waals surface area contributed by atoms with Crippen molar-refractivity contribution in [2.75, 3.05) is 84.9 Å². The van der Waals surface area contributed by atoms with E-state index in [1.54, 1.807) is 60.8 Å². The van der Waals surface area contributed by atoms with Crippen LogP contribution >= 0.6 is 11.3 Å². The minimum absolute atomic E-state index is 0.0804. The minimum Gasteiger partial charge on any atom is -0.490 e. The quantitative estimate of drug-likeness (QED) is 0.0371. The molecular weight excluding hydrogens is 969 g/mol. The van der Waals surface area contributed by atoms with E-state index >= 15 is 0 Å². The van der Waals surface area contributed by atoms with Crippen molar-refractivity contribution in [1.82, 2.24) is 30.8 Å². The molecule has 19 heteroatoms. The van der Waals surface area contributed by atoms with Crippen LogP contribution in [0.5, 0.6) is 5.75 Å². The van der Waals surface area contributed by atoms with Gasteiger partial charge in [-0.05, 0) is 101 Å². The predicted octanol–water partition coefficient (Wildman–Crippen LogP) is 6.57. The van der Waals surface area contributed by atoms with Gasteiger partial charge in [-0.15, -0.1) is 11.3 Å². The number of nitrogens with two attached hydrogens (primary N) is 1. The summed E-state index contributed by atoms with van der Waals surface area (Å²) in [7, 11) is -1.97. The number of nitrogens with zero attached hydrogens (tertiary/aromatic N) is 3. The molecule has 0 saturated carbocycles. The molecule has 398 valence electrons. The van der Waals surface area contributed by atoms with Crippen molar-refractivity contribution in [2.45, 2.75) is 108 Å². The van der Waals surface area contributed by atoms with Gasteiger partial charge >= 0.3 is 0 Å². The van der Waals surface area contributed by atoms with Gasteiger partial charge in [-0.1, -0.05) is 45.0 Å². The molecule has 2 aromatic heterocycles. The second kappa shape index (κ2) is 25.1. The van der Waals surface area contributed by atoms with Crippen LogP contribution < -0.4 is 31.7 Å². The largest absolute Gasteiger partial charge is 0.490 e. The summed E-state index contributed by atoms with van der Waals surface area (Å²) in [5, 5.41) is 14.1. The number of aryl methyl sites for hydroxylation is 1. The van der Waals surface area contributed by atoms with Gasteiger partial charge in [0.05, 0.1) is 90.8 Å². The lowest BCUT2D eigenvalue weighted by atomic mass is 9.73. The number of carbonyl (C=O) groups is 2. The van der Waals surface area contributed by atoms with Gasteiger partial charge in [0.2, 0.25) is 11.8 Å². The zero-order chi connectivity index (χ0) is 52.3. The molecule has 3 aromatic carbocycles. The van der Waals surface area contributed by atoms with E-state index in [0.717, 1.165) is 34.3 Å². The molecule has 0 spiro atoms. The summed E-state index contributed by atoms with van der Waals surface area (Å²) in [4.78, 5) is 39.3. The van der Waals surface area contributed by atoms with Crippen LogP contribution in [0.25, 0.3) is 21.1 Å². The maximum atomic E-state index is 14.5. The number of thiazole rings is 1. The fourth-order valence-corrected chi connectivity index (χ4v) is 11.5. The number of hydrogen-bond acceptors (Lipinski definition) is 16. The van der Waals surface area contributed by atoms with Crippen molar-refractivity contribution < 1.29 is 41.7 Å². The van der Waals surface area contributed by atoms with Crippen molar-refractivity contribution in [3.8, 4) is 5.75 Å². The van der Waals surface area contributed by atoms with E-state index in [-0.39, 0.29) is 53.8 Å². The Morgan fingerprint density at radius 3 is 2.23 bits per heavy atom. The summed E-state index contributed by atoms with van der Waals surface area (Å²) in [6, 6.07) is 17.9. The third-order valence-corrected chi connectivity index (χ3v) is 17.1. The first-order valence-electron chi connectivity index (χ1n) is 25.4. The van der Waals surface area contributed by atoms with Crippen LogP contribution in [-0.4, -0.2) is 144 Å². The second-order valence-corrected chi connectivity index (χ2v) is 24.5. The molecule has 2 aliphatic rings. The molecule has 1 aliphatic carbocycles. The summed E-state index contributed by atoms with van der Waals surface area (Å²) in [5.74, 6) is -0.515. The highest BCUT2D eigenvalue weighted by molar-refractivity contribution is 7.92. The molecule has 2 amide bonds. The molecule has 17 nitrogen and oxygen atoms in total. The number of rotatable bonds is 26. The number of aromatic nitrogens is 2. The van der Waals surface area contributed by atoms with Crippen molar-refractivity contribution in [3.05, 3.63) is 83.5 Å². The highest BCUT2D eigenvalue weighted by atomic mass is 32.2. The fourth-order valence-electron chi connectivity index (χ4n) is 9.54. The van der Waals surface area contributed by atoms with Gasteiger partial charge in [0.25, 0.3) is 0 Å². The molecule has 1 unspecified atom stereocenters. The number of benzene rings is 3. The molecule has 7 rings (SSSR count). The van der Waals surface area contributed by atoms with Crippen molar-refractivity contribution in [3.63, 3.8) is 0 Å². The van der Waals surface area contributed by atoms with Gasteiger partial charge in [0.1, 0.15) is 23.3 Å². The zero-order valence-corrected chi connectivity index (χ0v) is 45.3. The number of hydrogen-bond donors (Lipinski definition) is 5. The first kappa shape index (κ1) is 55.9. The van der Waals surface area contributed by atoms with E-state index in [1.165, 1.54) is 5.56 Å². The number of fused-ring (bicyclic) bond motifs is 3. The molecule has 6 atom stereocenters. The van der Waals surface area contributed by atoms with E-state index in [2.05, 4.69) is 43.4 Å². The van der Waals surface area contributed by atoms with Crippen LogP contribution in [0.1, 0.15) is 78.5 Å². The Bertz CT molecular complexity index is 2740. The van der Waals surface area contributed by atoms with E-state index in [1.807, 2.05) is 71.1 Å². The first-order chi connectivity index (χ1) is 34.9. The van der Waals surface area contributed by atoms with Crippen LogP contribution in [0.15, 0.2) is 77.3 Å². The lowest BCUT2D eigenvalue weighted by Crippen LogP contribution is -2.58. The van der Waals surface area contributed by atoms with E-state index < -0.39 is 38.0 Å². The SMILES string of the molecule is CN[C@@H](C)C(N)[C@@H](C(=O)N1C[C@@H](NCCOCCOCCOCCOCCOc2cc3nccc(Nc4ccc5scnc5c4)c3cc2S(=O)(=O)C(C)(C)C)C[C@H]1C(=O)N[C@@H]1CCc2ccccc21)C(C)(C)C. The Morgan fingerprint density at radius 2 is 1.55 bits per heavy atom. The van der Waals surface area contributed by atoms with E-state index in [4.69, 9.17) is 29.4 Å². The fraction of sp³-hybridized carbons (Fsp3) is 0.556. The smallest absolute Gasteiger partial charge is 0.243 e. The Labute approximate surface area is 434 Å². The number of carbonyl (C=O) groups excluding carboxylic acids is 2. The maximum absolute atomic E-state index is 14.5. The molecule has 0 radical (unpaired) electrons. The summed E-state index contributed by atoms with van der Waals surface area (Å²) in [5.41, 5.74) is 13.5. The van der Waals surface area contributed by atoms with Crippen molar-refractivity contribution in [1.29, 1.82) is 0 Å². The number of amides is 2. The number of likely N-dealkylation sites (tertiary alicyclic amines) is 1. The van der Waals surface area contributed by atoms with Crippen molar-refractivity contribution >= 4 is 65.5 Å². The van der Waals surface area contributed by atoms with Crippen molar-refractivity contribution in [2.24, 2.45) is 17.1 Å². The minimum atomic E-state index is -3.81. The Morgan fingerprint density at radius 1 is 0.863 bits per heavy atom. The van der Waals surface area contributed by atoms with Gasteiger partial charge in [0, 0.05) is 60.2 Å². The Hall–Kier alpha value is -4.83. The normalized spacial score (nSPS) is 18.5. The van der Waals surface area contributed by atoms with Crippen LogP contribution in [0.2, 0.25) is 0 Å². The van der Waals surface area contributed by atoms with Gasteiger partial charge < -0.3 is 55.6 Å². The van der Waals surface area contributed by atoms with Gasteiger partial charge in [-0.3, -0.25) is 14.6 Å². The van der Waals surface area contributed by atoms with E-state index in [0.29, 0.717) is 82.3 Å². The number of ether oxygens (including phenoxy) is 5. The molecule has 0 bridgehead atoms. The van der Waals surface area contributed by atoms with Crippen LogP contribution in [0.3, 0.4) is 0 Å². The number of pyridine rings is 1. The van der Waals surface area contributed by atoms with Crippen LogP contribution in [0, 0.1) is 11.3 Å². The second-order valence-electron chi connectivity index (χ2n) is 20.9. The zero-order valence-electron chi connectivity index (χ0n) is 43.7. The highest BCUT2D eigenvalue weighted by Gasteiger charge is 2.47. The number of anilines is 2. The molecule has 3 heterocycles. The summed E-state index contributed by atoms with van der Waals surface area (Å²) in [6.07, 6.45) is 3.91. The lowest BCUT2D eigenvalue weighted by Gasteiger charge is -2.40. The molecule has 5 aromatic rings. The maximum Gasteiger partial charge on any atom is 0.243 e. The van der Waals surface area contributed by atoms with Gasteiger partial charge in [-0.2, -0.15) is 0 Å². The molecular formula is C54H76N8O9S2. The molecule has 6 N–H and O–H groups in total. The Kier molecular flexibility index (Phi) is 19.3. The Balaban J connectivity index is 0.795. The van der Waals surface area contributed by atoms with Gasteiger partial charge in [-0.25, -0.2) is 13.4 Å². The molecule has 1 aliphatic heterocycles. The average molecular weight is 1050 g/mol. The molecule has 73 heavy (non-hydrogen) atoms.